The summed E-state index contributed by atoms with van der Waals surface area (Å²) in [4.78, 5) is 1.25. The Morgan fingerprint density at radius 2 is 1.41 bits per heavy atom. The maximum Gasteiger partial charge on any atom is 0.0861 e. The minimum absolute atomic E-state index is 1.09. The maximum absolute atomic E-state index is 3.63. The van der Waals surface area contributed by atoms with Crippen LogP contribution in [0.1, 0.15) is 51.0 Å². The molecular formula is C28H29BrN2S. The Bertz CT molecular complexity index is 1200. The molecule has 0 spiro atoms. The van der Waals surface area contributed by atoms with Crippen molar-refractivity contribution in [1.82, 2.24) is 0 Å². The van der Waals surface area contributed by atoms with Gasteiger partial charge in [-0.15, -0.1) is 0 Å². The average molecular weight is 506 g/mol. The van der Waals surface area contributed by atoms with Crippen molar-refractivity contribution in [2.24, 2.45) is 0 Å². The number of anilines is 2. The first kappa shape index (κ1) is 21.7. The zero-order valence-corrected chi connectivity index (χ0v) is 20.9. The molecule has 5 rings (SSSR count). The predicted octanol–water partition coefficient (Wildman–Crippen LogP) is 9.51. The van der Waals surface area contributed by atoms with Gasteiger partial charge in [0.25, 0.3) is 0 Å². The zero-order chi connectivity index (χ0) is 21.9. The third-order valence-electron chi connectivity index (χ3n) is 6.35. The monoisotopic (exact) mass is 504 g/mol. The number of hydrazine groups is 1. The Morgan fingerprint density at radius 1 is 0.781 bits per heavy atom. The van der Waals surface area contributed by atoms with Crippen molar-refractivity contribution in [1.29, 1.82) is 0 Å². The molecule has 4 heteroatoms. The third-order valence-corrected chi connectivity index (χ3v) is 7.85. The smallest absolute Gasteiger partial charge is 0.0861 e. The Labute approximate surface area is 203 Å². The Morgan fingerprint density at radius 3 is 2.09 bits per heavy atom. The van der Waals surface area contributed by atoms with Gasteiger partial charge in [0.2, 0.25) is 0 Å². The summed E-state index contributed by atoms with van der Waals surface area (Å²) >= 11 is 5.37. The summed E-state index contributed by atoms with van der Waals surface area (Å²) in [6, 6.07) is 24.3. The van der Waals surface area contributed by atoms with Gasteiger partial charge in [-0.25, -0.2) is 4.41 Å². The molecule has 0 amide bonds. The lowest BCUT2D eigenvalue weighted by Crippen LogP contribution is -2.17. The van der Waals surface area contributed by atoms with E-state index in [1.54, 1.807) is 11.9 Å². The second-order valence-electron chi connectivity index (χ2n) is 8.57. The highest BCUT2D eigenvalue weighted by atomic mass is 79.9. The molecule has 1 N–H and O–H groups in total. The van der Waals surface area contributed by atoms with Crippen molar-refractivity contribution >= 4 is 60.8 Å². The highest BCUT2D eigenvalue weighted by Crippen LogP contribution is 2.47. The van der Waals surface area contributed by atoms with E-state index in [-0.39, 0.29) is 0 Å². The second kappa shape index (κ2) is 9.76. The highest BCUT2D eigenvalue weighted by Gasteiger charge is 2.25. The van der Waals surface area contributed by atoms with Gasteiger partial charge < -0.3 is 0 Å². The van der Waals surface area contributed by atoms with Crippen LogP contribution in [-0.2, 0) is 6.42 Å². The fourth-order valence-electron chi connectivity index (χ4n) is 4.77. The van der Waals surface area contributed by atoms with Crippen LogP contribution in [0.4, 0.5) is 11.4 Å². The van der Waals surface area contributed by atoms with E-state index in [1.807, 2.05) is 0 Å². The fraction of sp³-hybridized carbons (Fsp3) is 0.286. The zero-order valence-electron chi connectivity index (χ0n) is 18.5. The third kappa shape index (κ3) is 4.23. The van der Waals surface area contributed by atoms with Gasteiger partial charge in [0.05, 0.1) is 16.3 Å². The Kier molecular flexibility index (Phi) is 6.61. The van der Waals surface area contributed by atoms with Crippen molar-refractivity contribution < 1.29 is 0 Å². The van der Waals surface area contributed by atoms with Crippen molar-refractivity contribution in [3.8, 4) is 0 Å². The minimum atomic E-state index is 1.09. The van der Waals surface area contributed by atoms with Crippen LogP contribution in [-0.4, -0.2) is 0 Å². The molecule has 0 unspecified atom stereocenters. The van der Waals surface area contributed by atoms with Gasteiger partial charge >= 0.3 is 0 Å². The summed E-state index contributed by atoms with van der Waals surface area (Å²) in [5, 5.41) is 5.40. The van der Waals surface area contributed by atoms with Gasteiger partial charge in [0, 0.05) is 27.2 Å². The lowest BCUT2D eigenvalue weighted by Gasteiger charge is -2.23. The average Bonchev–Trinajstić information content (AvgIpc) is 3.23. The summed E-state index contributed by atoms with van der Waals surface area (Å²) in [6.07, 6.45) is 9.10. The molecule has 0 bridgehead atoms. The van der Waals surface area contributed by atoms with Gasteiger partial charge in [-0.3, -0.25) is 5.43 Å². The molecular weight excluding hydrogens is 476 g/mol. The molecule has 0 aliphatic carbocycles. The lowest BCUT2D eigenvalue weighted by atomic mass is 9.91. The van der Waals surface area contributed by atoms with Crippen LogP contribution in [0.15, 0.2) is 76.1 Å². The number of nitrogens with zero attached hydrogens (tertiary/aromatic N) is 1. The van der Waals surface area contributed by atoms with Gasteiger partial charge in [-0.05, 0) is 47.4 Å². The summed E-state index contributed by atoms with van der Waals surface area (Å²) in [5.74, 6) is 0. The fourth-order valence-corrected chi connectivity index (χ4v) is 6.09. The van der Waals surface area contributed by atoms with E-state index in [0.717, 1.165) is 16.6 Å². The summed E-state index contributed by atoms with van der Waals surface area (Å²) in [5.41, 5.74) is 7.53. The van der Waals surface area contributed by atoms with Crippen molar-refractivity contribution in [2.45, 2.75) is 56.8 Å². The number of aryl methyl sites for hydroxylation is 1. The molecule has 4 aromatic rings. The standard InChI is InChI=1S/C28H29BrN2S/c1-2-3-4-5-6-7-12-21-22-13-8-10-15-24(22)28(25-16-11-9-14-23(21)25)31-30-26-19-20(29)17-18-27(26)32-31/h8-11,13-19,30H,2-7,12H2,1H3. The molecule has 0 saturated carbocycles. The van der Waals surface area contributed by atoms with Crippen LogP contribution < -0.4 is 9.84 Å². The van der Waals surface area contributed by atoms with E-state index in [4.69, 9.17) is 0 Å². The molecule has 4 aromatic carbocycles. The van der Waals surface area contributed by atoms with Crippen LogP contribution in [0.2, 0.25) is 0 Å². The minimum Gasteiger partial charge on any atom is -0.287 e. The predicted molar refractivity (Wildman–Crippen MR) is 145 cm³/mol. The topological polar surface area (TPSA) is 15.3 Å². The molecule has 1 aliphatic heterocycles. The van der Waals surface area contributed by atoms with E-state index < -0.39 is 0 Å². The molecule has 0 radical (unpaired) electrons. The molecule has 2 nitrogen and oxygen atoms in total. The summed E-state index contributed by atoms with van der Waals surface area (Å²) in [7, 11) is 0. The van der Waals surface area contributed by atoms with Crippen LogP contribution in [0.5, 0.6) is 0 Å². The molecule has 1 heterocycles. The quantitative estimate of drug-likeness (QED) is 0.146. The van der Waals surface area contributed by atoms with Crippen molar-refractivity contribution in [2.75, 3.05) is 9.84 Å². The molecule has 0 fully saturated rings. The first-order valence-electron chi connectivity index (χ1n) is 11.7. The first-order chi connectivity index (χ1) is 15.8. The van der Waals surface area contributed by atoms with E-state index >= 15 is 0 Å². The number of benzene rings is 4. The lowest BCUT2D eigenvalue weighted by molar-refractivity contribution is 0.609. The first-order valence-corrected chi connectivity index (χ1v) is 13.3. The SMILES string of the molecule is CCCCCCCCc1c2ccccc2c(N2Nc3cc(Br)ccc3S2)c2ccccc12. The van der Waals surface area contributed by atoms with E-state index in [9.17, 15) is 0 Å². The van der Waals surface area contributed by atoms with Crippen LogP contribution in [0.25, 0.3) is 21.5 Å². The van der Waals surface area contributed by atoms with Gasteiger partial charge in [0.15, 0.2) is 0 Å². The van der Waals surface area contributed by atoms with Crippen LogP contribution in [0, 0.1) is 0 Å². The van der Waals surface area contributed by atoms with Crippen LogP contribution in [0.3, 0.4) is 0 Å². The number of hydrogen-bond acceptors (Lipinski definition) is 3. The molecule has 1 aliphatic rings. The molecule has 0 aromatic heterocycles. The number of nitrogens with one attached hydrogen (secondary N) is 1. The molecule has 0 saturated heterocycles. The molecule has 0 atom stereocenters. The number of halogens is 1. The maximum atomic E-state index is 3.63. The highest BCUT2D eigenvalue weighted by molar-refractivity contribution is 9.10. The number of rotatable bonds is 8. The van der Waals surface area contributed by atoms with Gasteiger partial charge in [-0.1, -0.05) is 103 Å². The van der Waals surface area contributed by atoms with E-state index in [2.05, 4.69) is 99.4 Å². The van der Waals surface area contributed by atoms with E-state index in [0.29, 0.717) is 0 Å². The van der Waals surface area contributed by atoms with Crippen LogP contribution >= 0.6 is 27.9 Å². The Hall–Kier alpha value is -2.17. The molecule has 32 heavy (non-hydrogen) atoms. The van der Waals surface area contributed by atoms with Crippen molar-refractivity contribution in [3.63, 3.8) is 0 Å². The largest absolute Gasteiger partial charge is 0.287 e. The normalized spacial score (nSPS) is 13.0. The van der Waals surface area contributed by atoms with Crippen molar-refractivity contribution in [3.05, 3.63) is 76.8 Å². The Balaban J connectivity index is 1.55. The van der Waals surface area contributed by atoms with E-state index in [1.165, 1.54) is 76.2 Å². The van der Waals surface area contributed by atoms with Gasteiger partial charge in [0.1, 0.15) is 0 Å². The number of fused-ring (bicyclic) bond motifs is 3. The second-order valence-corrected chi connectivity index (χ2v) is 10.5. The summed E-state index contributed by atoms with van der Waals surface area (Å²) < 4.78 is 3.34. The number of hydrogen-bond donors (Lipinski definition) is 1. The molecule has 164 valence electrons. The number of unbranched alkanes of at least 4 members (excludes halogenated alkanes) is 5. The summed E-state index contributed by atoms with van der Waals surface area (Å²) in [6.45, 7) is 2.28. The van der Waals surface area contributed by atoms with Gasteiger partial charge in [-0.2, -0.15) is 0 Å².